The highest BCUT2D eigenvalue weighted by Gasteiger charge is 2.22. The highest BCUT2D eigenvalue weighted by molar-refractivity contribution is 7.98. The molecule has 0 saturated carbocycles. The van der Waals surface area contributed by atoms with Crippen molar-refractivity contribution in [3.05, 3.63) is 35.4 Å². The molecule has 0 unspecified atom stereocenters. The van der Waals surface area contributed by atoms with E-state index in [1.807, 2.05) is 11.8 Å². The van der Waals surface area contributed by atoms with Crippen LogP contribution in [0.2, 0.25) is 0 Å². The fraction of sp³-hybridized carbons (Fsp3) is 0.538. The van der Waals surface area contributed by atoms with E-state index < -0.39 is 0 Å². The minimum absolute atomic E-state index is 0.179. The molecule has 2 heteroatoms. The lowest BCUT2D eigenvalue weighted by molar-refractivity contribution is -0.0128. The molecule has 0 amide bonds. The average molecular weight is 224 g/mol. The second kappa shape index (κ2) is 5.57. The van der Waals surface area contributed by atoms with Crippen LogP contribution in [0, 0.1) is 6.92 Å². The zero-order valence-electron chi connectivity index (χ0n) is 10.0. The highest BCUT2D eigenvalue weighted by atomic mass is 32.2. The van der Waals surface area contributed by atoms with Gasteiger partial charge in [-0.25, -0.2) is 0 Å². The molecule has 1 nitrogen and oxygen atoms in total. The fourth-order valence-electron chi connectivity index (χ4n) is 1.71. The summed E-state index contributed by atoms with van der Waals surface area (Å²) in [4.78, 5) is 0. The third-order valence-corrected chi connectivity index (χ3v) is 3.12. The van der Waals surface area contributed by atoms with Crippen molar-refractivity contribution in [3.8, 4) is 0 Å². The number of ether oxygens (including phenoxy) is 1. The zero-order valence-corrected chi connectivity index (χ0v) is 10.9. The molecule has 0 bridgehead atoms. The maximum atomic E-state index is 5.92. The molecule has 0 saturated heterocycles. The Hall–Kier alpha value is -0.470. The molecule has 0 aliphatic heterocycles. The van der Waals surface area contributed by atoms with E-state index in [0.717, 1.165) is 12.4 Å². The summed E-state index contributed by atoms with van der Waals surface area (Å²) in [6, 6.07) is 8.42. The summed E-state index contributed by atoms with van der Waals surface area (Å²) in [6.45, 7) is 7.21. The second-order valence-electron chi connectivity index (χ2n) is 4.17. The normalized spacial score (nSPS) is 11.7. The number of thioether (sulfide) groups is 1. The molecule has 15 heavy (non-hydrogen) atoms. The van der Waals surface area contributed by atoms with E-state index in [1.54, 1.807) is 0 Å². The van der Waals surface area contributed by atoms with Gasteiger partial charge in [0.15, 0.2) is 0 Å². The van der Waals surface area contributed by atoms with Gasteiger partial charge in [-0.2, -0.15) is 11.8 Å². The monoisotopic (exact) mass is 224 g/mol. The molecule has 1 aromatic carbocycles. The van der Waals surface area contributed by atoms with Crippen molar-refractivity contribution < 1.29 is 4.74 Å². The molecule has 0 radical (unpaired) electrons. The Bertz CT molecular complexity index is 307. The van der Waals surface area contributed by atoms with Gasteiger partial charge in [-0.15, -0.1) is 0 Å². The van der Waals surface area contributed by atoms with Gasteiger partial charge >= 0.3 is 0 Å². The summed E-state index contributed by atoms with van der Waals surface area (Å²) in [7, 11) is 0. The van der Waals surface area contributed by atoms with Crippen LogP contribution in [-0.2, 0) is 10.3 Å². The number of hydrogen-bond acceptors (Lipinski definition) is 2. The number of aryl methyl sites for hydroxylation is 1. The van der Waals surface area contributed by atoms with Crippen LogP contribution in [0.25, 0.3) is 0 Å². The zero-order chi connectivity index (χ0) is 11.3. The van der Waals surface area contributed by atoms with E-state index in [1.165, 1.54) is 11.1 Å². The molecule has 0 fully saturated rings. The van der Waals surface area contributed by atoms with Crippen LogP contribution in [-0.4, -0.2) is 18.6 Å². The first-order valence-electron chi connectivity index (χ1n) is 5.27. The van der Waals surface area contributed by atoms with Crippen molar-refractivity contribution in [1.82, 2.24) is 0 Å². The first-order chi connectivity index (χ1) is 7.08. The van der Waals surface area contributed by atoms with Gasteiger partial charge in [0.1, 0.15) is 0 Å². The van der Waals surface area contributed by atoms with Crippen molar-refractivity contribution in [3.63, 3.8) is 0 Å². The average Bonchev–Trinajstić information content (AvgIpc) is 2.18. The number of rotatable bonds is 5. The molecule has 0 heterocycles. The predicted octanol–water partition coefficient (Wildman–Crippen LogP) is 3.61. The van der Waals surface area contributed by atoms with Gasteiger partial charge in [0.2, 0.25) is 0 Å². The van der Waals surface area contributed by atoms with E-state index in [2.05, 4.69) is 51.3 Å². The number of benzene rings is 1. The summed E-state index contributed by atoms with van der Waals surface area (Å²) in [5.74, 6) is 1.05. The van der Waals surface area contributed by atoms with Crippen molar-refractivity contribution in [2.45, 2.75) is 26.4 Å². The topological polar surface area (TPSA) is 9.23 Å². The second-order valence-corrected chi connectivity index (χ2v) is 5.15. The van der Waals surface area contributed by atoms with Crippen LogP contribution >= 0.6 is 11.8 Å². The molecule has 0 spiro atoms. The molecule has 0 aromatic heterocycles. The first-order valence-corrected chi connectivity index (χ1v) is 6.66. The first kappa shape index (κ1) is 12.6. The van der Waals surface area contributed by atoms with Crippen molar-refractivity contribution in [1.29, 1.82) is 0 Å². The van der Waals surface area contributed by atoms with Crippen LogP contribution in [0.4, 0.5) is 0 Å². The van der Waals surface area contributed by atoms with Crippen LogP contribution < -0.4 is 0 Å². The molecule has 1 rings (SSSR count). The summed E-state index contributed by atoms with van der Waals surface area (Å²) in [5.41, 5.74) is 2.40. The Morgan fingerprint density at radius 1 is 1.27 bits per heavy atom. The van der Waals surface area contributed by atoms with Crippen LogP contribution in [0.15, 0.2) is 24.3 Å². The highest BCUT2D eigenvalue weighted by Crippen LogP contribution is 2.27. The molecular weight excluding hydrogens is 204 g/mol. The molecule has 0 atom stereocenters. The summed E-state index contributed by atoms with van der Waals surface area (Å²) >= 11 is 1.82. The summed E-state index contributed by atoms with van der Waals surface area (Å²) < 4.78 is 5.92. The van der Waals surface area contributed by atoms with E-state index in [0.29, 0.717) is 0 Å². The van der Waals surface area contributed by atoms with Gasteiger partial charge in [0, 0.05) is 5.75 Å². The van der Waals surface area contributed by atoms with E-state index in [-0.39, 0.29) is 5.60 Å². The molecule has 0 N–H and O–H groups in total. The van der Waals surface area contributed by atoms with Gasteiger partial charge in [0.05, 0.1) is 12.2 Å². The summed E-state index contributed by atoms with van der Waals surface area (Å²) in [5, 5.41) is 0. The molecule has 0 aliphatic carbocycles. The van der Waals surface area contributed by atoms with Crippen molar-refractivity contribution >= 4 is 11.8 Å². The van der Waals surface area contributed by atoms with E-state index in [9.17, 15) is 0 Å². The van der Waals surface area contributed by atoms with E-state index >= 15 is 0 Å². The predicted molar refractivity (Wildman–Crippen MR) is 68.5 cm³/mol. The molecular formula is C13H20OS. The third kappa shape index (κ3) is 3.54. The molecule has 1 aromatic rings. The van der Waals surface area contributed by atoms with Gasteiger partial charge in [-0.3, -0.25) is 0 Å². The Morgan fingerprint density at radius 2 is 1.93 bits per heavy atom. The Kier molecular flexibility index (Phi) is 4.68. The Labute approximate surface area is 97.2 Å². The van der Waals surface area contributed by atoms with Gasteiger partial charge in [0.25, 0.3) is 0 Å². The van der Waals surface area contributed by atoms with Crippen LogP contribution in [0.5, 0.6) is 0 Å². The van der Waals surface area contributed by atoms with Gasteiger partial charge < -0.3 is 4.74 Å². The van der Waals surface area contributed by atoms with Gasteiger partial charge in [-0.05, 0) is 38.2 Å². The Morgan fingerprint density at radius 3 is 2.53 bits per heavy atom. The quantitative estimate of drug-likeness (QED) is 0.707. The lowest BCUT2D eigenvalue weighted by Crippen LogP contribution is -2.24. The minimum Gasteiger partial charge on any atom is -0.370 e. The lowest BCUT2D eigenvalue weighted by Gasteiger charge is -2.27. The van der Waals surface area contributed by atoms with Crippen molar-refractivity contribution in [2.75, 3.05) is 18.6 Å². The largest absolute Gasteiger partial charge is 0.370 e. The van der Waals surface area contributed by atoms with Gasteiger partial charge in [-0.1, -0.05) is 24.3 Å². The Balaban J connectivity index is 2.72. The minimum atomic E-state index is -0.179. The van der Waals surface area contributed by atoms with E-state index in [4.69, 9.17) is 4.74 Å². The molecule has 84 valence electrons. The standard InChI is InChI=1S/C13H20OS/c1-11-7-5-6-8-12(11)13(2,3)14-9-10-15-4/h5-8H,9-10H2,1-4H3. The SMILES string of the molecule is CSCCOC(C)(C)c1ccccc1C. The molecule has 0 aliphatic rings. The third-order valence-electron chi connectivity index (χ3n) is 2.54. The smallest absolute Gasteiger partial charge is 0.0878 e. The van der Waals surface area contributed by atoms with Crippen LogP contribution in [0.1, 0.15) is 25.0 Å². The fourth-order valence-corrected chi connectivity index (χ4v) is 1.96. The number of hydrogen-bond donors (Lipinski definition) is 0. The van der Waals surface area contributed by atoms with Crippen molar-refractivity contribution in [2.24, 2.45) is 0 Å². The maximum absolute atomic E-state index is 5.92. The summed E-state index contributed by atoms with van der Waals surface area (Å²) in [6.07, 6.45) is 2.10. The van der Waals surface area contributed by atoms with Crippen LogP contribution in [0.3, 0.4) is 0 Å². The lowest BCUT2D eigenvalue weighted by atomic mass is 9.94. The maximum Gasteiger partial charge on any atom is 0.0878 e.